The topological polar surface area (TPSA) is 75.7 Å². The summed E-state index contributed by atoms with van der Waals surface area (Å²) in [6.45, 7) is 1.32. The van der Waals surface area contributed by atoms with Crippen LogP contribution in [0.3, 0.4) is 0 Å². The summed E-state index contributed by atoms with van der Waals surface area (Å²) in [5.41, 5.74) is 1.42. The third kappa shape index (κ3) is 4.71. The first-order chi connectivity index (χ1) is 10.4. The van der Waals surface area contributed by atoms with Gasteiger partial charge in [-0.25, -0.2) is 8.42 Å². The molecule has 1 aliphatic rings. The van der Waals surface area contributed by atoms with Crippen molar-refractivity contribution < 1.29 is 17.9 Å². The van der Waals surface area contributed by atoms with Crippen molar-refractivity contribution in [1.29, 1.82) is 0 Å². The molecule has 6 nitrogen and oxygen atoms in total. The number of carbonyl (C=O) groups excluding carboxylic acids is 1. The molecule has 0 spiro atoms. The van der Waals surface area contributed by atoms with E-state index in [0.29, 0.717) is 12.2 Å². The van der Waals surface area contributed by atoms with Crippen LogP contribution in [0.1, 0.15) is 18.4 Å². The summed E-state index contributed by atoms with van der Waals surface area (Å²) >= 11 is 0. The molecule has 0 saturated carbocycles. The van der Waals surface area contributed by atoms with E-state index >= 15 is 0 Å². The zero-order valence-electron chi connectivity index (χ0n) is 12.9. The van der Waals surface area contributed by atoms with Crippen LogP contribution < -0.4 is 9.62 Å². The van der Waals surface area contributed by atoms with Crippen molar-refractivity contribution in [1.82, 2.24) is 5.32 Å². The molecule has 1 N–H and O–H groups in total. The number of benzene rings is 1. The van der Waals surface area contributed by atoms with Gasteiger partial charge in [0.05, 0.1) is 24.5 Å². The molecule has 1 atom stereocenters. The first-order valence-corrected chi connectivity index (χ1v) is 9.12. The minimum Gasteiger partial charge on any atom is -0.376 e. The molecule has 1 heterocycles. The van der Waals surface area contributed by atoms with E-state index < -0.39 is 10.0 Å². The predicted molar refractivity (Wildman–Crippen MR) is 85.4 cm³/mol. The maximum Gasteiger partial charge on any atom is 0.231 e. The van der Waals surface area contributed by atoms with Gasteiger partial charge in [0.25, 0.3) is 0 Å². The molecule has 1 saturated heterocycles. The number of anilines is 1. The van der Waals surface area contributed by atoms with Crippen LogP contribution in [-0.2, 0) is 26.0 Å². The summed E-state index contributed by atoms with van der Waals surface area (Å²) in [5.74, 6) is -0.0558. The number of hydrogen-bond donors (Lipinski definition) is 1. The van der Waals surface area contributed by atoms with Gasteiger partial charge in [0.1, 0.15) is 0 Å². The Morgan fingerprint density at radius 1 is 1.36 bits per heavy atom. The molecule has 1 fully saturated rings. The second-order valence-corrected chi connectivity index (χ2v) is 7.53. The van der Waals surface area contributed by atoms with Gasteiger partial charge in [0, 0.05) is 20.2 Å². The molecular formula is C15H22N2O4S. The van der Waals surface area contributed by atoms with Gasteiger partial charge in [0.2, 0.25) is 15.9 Å². The molecular weight excluding hydrogens is 304 g/mol. The van der Waals surface area contributed by atoms with Crippen LogP contribution >= 0.6 is 0 Å². The minimum absolute atomic E-state index is 0.0558. The summed E-state index contributed by atoms with van der Waals surface area (Å²) in [6.07, 6.45) is 3.60. The zero-order valence-corrected chi connectivity index (χ0v) is 13.7. The lowest BCUT2D eigenvalue weighted by Crippen LogP contribution is -2.32. The fourth-order valence-corrected chi connectivity index (χ4v) is 2.80. The zero-order chi connectivity index (χ0) is 16.2. The van der Waals surface area contributed by atoms with Crippen LogP contribution in [0.4, 0.5) is 5.69 Å². The second-order valence-electron chi connectivity index (χ2n) is 5.51. The lowest BCUT2D eigenvalue weighted by atomic mass is 10.1. The number of nitrogens with one attached hydrogen (secondary N) is 1. The SMILES string of the molecule is CN(c1ccc(CC(=O)NCC2CCCO2)cc1)S(C)(=O)=O. The molecule has 22 heavy (non-hydrogen) atoms. The fourth-order valence-electron chi connectivity index (χ4n) is 2.30. The van der Waals surface area contributed by atoms with E-state index in [-0.39, 0.29) is 18.4 Å². The largest absolute Gasteiger partial charge is 0.376 e. The Kier molecular flexibility index (Phi) is 5.42. The summed E-state index contributed by atoms with van der Waals surface area (Å²) < 4.78 is 29.6. The van der Waals surface area contributed by atoms with Gasteiger partial charge in [-0.2, -0.15) is 0 Å². The van der Waals surface area contributed by atoms with Crippen molar-refractivity contribution in [2.45, 2.75) is 25.4 Å². The standard InChI is InChI=1S/C15H22N2O4S/c1-17(22(2,19)20)13-7-5-12(6-8-13)10-15(18)16-11-14-4-3-9-21-14/h5-8,14H,3-4,9-11H2,1-2H3,(H,16,18). The van der Waals surface area contributed by atoms with E-state index in [1.165, 1.54) is 11.4 Å². The van der Waals surface area contributed by atoms with E-state index in [9.17, 15) is 13.2 Å². The second kappa shape index (κ2) is 7.11. The quantitative estimate of drug-likeness (QED) is 0.843. The highest BCUT2D eigenvalue weighted by molar-refractivity contribution is 7.92. The lowest BCUT2D eigenvalue weighted by Gasteiger charge is -2.16. The van der Waals surface area contributed by atoms with Crippen molar-refractivity contribution >= 4 is 21.6 Å². The number of nitrogens with zero attached hydrogens (tertiary/aromatic N) is 1. The highest BCUT2D eigenvalue weighted by Crippen LogP contribution is 2.16. The normalized spacial score (nSPS) is 18.2. The van der Waals surface area contributed by atoms with Gasteiger partial charge in [-0.15, -0.1) is 0 Å². The first-order valence-electron chi connectivity index (χ1n) is 7.27. The Balaban J connectivity index is 1.86. The number of rotatable bonds is 6. The van der Waals surface area contributed by atoms with Crippen LogP contribution in [0.2, 0.25) is 0 Å². The number of hydrogen-bond acceptors (Lipinski definition) is 4. The number of amides is 1. The monoisotopic (exact) mass is 326 g/mol. The summed E-state index contributed by atoms with van der Waals surface area (Å²) in [4.78, 5) is 11.9. The van der Waals surface area contributed by atoms with Crippen LogP contribution in [0.15, 0.2) is 24.3 Å². The van der Waals surface area contributed by atoms with Crippen molar-refractivity contribution in [3.8, 4) is 0 Å². The van der Waals surface area contributed by atoms with Gasteiger partial charge in [-0.3, -0.25) is 9.10 Å². The van der Waals surface area contributed by atoms with Gasteiger partial charge in [0.15, 0.2) is 0 Å². The number of sulfonamides is 1. The van der Waals surface area contributed by atoms with Crippen LogP contribution in [-0.4, -0.2) is 46.9 Å². The van der Waals surface area contributed by atoms with Gasteiger partial charge in [-0.1, -0.05) is 12.1 Å². The van der Waals surface area contributed by atoms with E-state index in [4.69, 9.17) is 4.74 Å². The summed E-state index contributed by atoms with van der Waals surface area (Å²) in [5, 5.41) is 2.86. The Labute approximate surface area is 131 Å². The summed E-state index contributed by atoms with van der Waals surface area (Å²) in [6, 6.07) is 6.93. The molecule has 1 unspecified atom stereocenters. The predicted octanol–water partition coefficient (Wildman–Crippen LogP) is 0.920. The minimum atomic E-state index is -3.27. The maximum atomic E-state index is 11.9. The third-order valence-electron chi connectivity index (χ3n) is 3.71. The van der Waals surface area contributed by atoms with Crippen molar-refractivity contribution in [2.24, 2.45) is 0 Å². The van der Waals surface area contributed by atoms with Gasteiger partial charge in [-0.05, 0) is 30.5 Å². The van der Waals surface area contributed by atoms with Crippen LogP contribution in [0, 0.1) is 0 Å². The average Bonchev–Trinajstić information content (AvgIpc) is 2.97. The van der Waals surface area contributed by atoms with Crippen LogP contribution in [0.5, 0.6) is 0 Å². The van der Waals surface area contributed by atoms with Gasteiger partial charge < -0.3 is 10.1 Å². The number of ether oxygens (including phenoxy) is 1. The Morgan fingerprint density at radius 2 is 2.05 bits per heavy atom. The molecule has 1 amide bonds. The van der Waals surface area contributed by atoms with E-state index in [1.54, 1.807) is 24.3 Å². The van der Waals surface area contributed by atoms with E-state index in [2.05, 4.69) is 5.32 Å². The highest BCUT2D eigenvalue weighted by atomic mass is 32.2. The molecule has 1 aliphatic heterocycles. The van der Waals surface area contributed by atoms with Gasteiger partial charge >= 0.3 is 0 Å². The van der Waals surface area contributed by atoms with Crippen LogP contribution in [0.25, 0.3) is 0 Å². The Morgan fingerprint density at radius 3 is 2.59 bits per heavy atom. The molecule has 0 bridgehead atoms. The first kappa shape index (κ1) is 16.8. The third-order valence-corrected chi connectivity index (χ3v) is 4.92. The van der Waals surface area contributed by atoms with Crippen molar-refractivity contribution in [2.75, 3.05) is 30.8 Å². The smallest absolute Gasteiger partial charge is 0.231 e. The fraction of sp³-hybridized carbons (Fsp3) is 0.533. The van der Waals surface area contributed by atoms with E-state index in [1.807, 2.05) is 0 Å². The van der Waals surface area contributed by atoms with Crippen molar-refractivity contribution in [3.63, 3.8) is 0 Å². The summed E-state index contributed by atoms with van der Waals surface area (Å²) in [7, 11) is -1.77. The Hall–Kier alpha value is -1.60. The molecule has 1 aromatic rings. The maximum absolute atomic E-state index is 11.9. The molecule has 2 rings (SSSR count). The number of carbonyl (C=O) groups is 1. The van der Waals surface area contributed by atoms with E-state index in [0.717, 1.165) is 31.3 Å². The molecule has 0 aromatic heterocycles. The molecule has 0 radical (unpaired) electrons. The van der Waals surface area contributed by atoms with Crippen molar-refractivity contribution in [3.05, 3.63) is 29.8 Å². The average molecular weight is 326 g/mol. The lowest BCUT2D eigenvalue weighted by molar-refractivity contribution is -0.120. The molecule has 7 heteroatoms. The molecule has 0 aliphatic carbocycles. The highest BCUT2D eigenvalue weighted by Gasteiger charge is 2.16. The Bertz CT molecular complexity index is 607. The molecule has 1 aromatic carbocycles. The molecule has 122 valence electrons.